The lowest BCUT2D eigenvalue weighted by atomic mass is 9.92. The van der Waals surface area contributed by atoms with E-state index in [-0.39, 0.29) is 36.1 Å². The quantitative estimate of drug-likeness (QED) is 0.607. The second kappa shape index (κ2) is 9.07. The number of carbonyl (C=O) groups excluding carboxylic acids is 3. The molecule has 4 amide bonds. The molecule has 0 bridgehead atoms. The van der Waals surface area contributed by atoms with Crippen molar-refractivity contribution in [2.45, 2.75) is 58.7 Å². The van der Waals surface area contributed by atoms with Gasteiger partial charge in [0.05, 0.1) is 0 Å². The third-order valence-corrected chi connectivity index (χ3v) is 6.82. The highest BCUT2D eigenvalue weighted by Gasteiger charge is 2.52. The van der Waals surface area contributed by atoms with Crippen LogP contribution in [0.4, 0.5) is 10.6 Å². The van der Waals surface area contributed by atoms with Crippen molar-refractivity contribution in [2.75, 3.05) is 38.1 Å². The molecule has 0 radical (unpaired) electrons. The van der Waals surface area contributed by atoms with E-state index in [2.05, 4.69) is 15.0 Å². The Kier molecular flexibility index (Phi) is 6.44. The minimum absolute atomic E-state index is 0.0167. The number of carbonyl (C=O) groups is 3. The number of amides is 4. The average molecular weight is 482 g/mol. The Hall–Kier alpha value is -3.27. The maximum absolute atomic E-state index is 13.5. The molecule has 10 heteroatoms. The van der Waals surface area contributed by atoms with Gasteiger partial charge in [0.15, 0.2) is 5.82 Å². The molecule has 2 aliphatic heterocycles. The van der Waals surface area contributed by atoms with Crippen LogP contribution in [0.2, 0.25) is 0 Å². The van der Waals surface area contributed by atoms with Gasteiger partial charge in [0, 0.05) is 62.3 Å². The molecule has 0 saturated carbocycles. The van der Waals surface area contributed by atoms with Crippen LogP contribution in [0.3, 0.4) is 0 Å². The zero-order valence-electron chi connectivity index (χ0n) is 21.5. The summed E-state index contributed by atoms with van der Waals surface area (Å²) < 4.78 is 1.65. The molecule has 2 aromatic rings. The van der Waals surface area contributed by atoms with Crippen LogP contribution in [0.15, 0.2) is 30.6 Å². The van der Waals surface area contributed by atoms with Crippen molar-refractivity contribution in [1.82, 2.24) is 29.5 Å². The fourth-order valence-electron chi connectivity index (χ4n) is 4.49. The zero-order chi connectivity index (χ0) is 25.5. The van der Waals surface area contributed by atoms with Gasteiger partial charge in [-0.05, 0) is 38.6 Å². The van der Waals surface area contributed by atoms with Gasteiger partial charge in [-0.1, -0.05) is 20.8 Å². The van der Waals surface area contributed by atoms with Crippen LogP contribution in [0.25, 0.3) is 0 Å². The smallest absolute Gasteiger partial charge is 0.333 e. The average Bonchev–Trinajstić information content (AvgIpc) is 3.28. The Balaban J connectivity index is 1.62. The van der Waals surface area contributed by atoms with Crippen molar-refractivity contribution in [1.29, 1.82) is 0 Å². The van der Waals surface area contributed by atoms with Crippen LogP contribution < -0.4 is 4.90 Å². The van der Waals surface area contributed by atoms with E-state index in [9.17, 15) is 14.4 Å². The van der Waals surface area contributed by atoms with E-state index in [0.717, 1.165) is 29.2 Å². The fraction of sp³-hybridized carbons (Fsp3) is 0.560. The summed E-state index contributed by atoms with van der Waals surface area (Å²) in [5, 5.41) is 4.62. The molecule has 10 nitrogen and oxygen atoms in total. The molecule has 4 rings (SSSR count). The largest absolute Gasteiger partial charge is 0.339 e. The Morgan fingerprint density at radius 3 is 2.29 bits per heavy atom. The molecule has 0 aromatic carbocycles. The van der Waals surface area contributed by atoms with Crippen LogP contribution in [0.5, 0.6) is 0 Å². The van der Waals surface area contributed by atoms with Gasteiger partial charge in [-0.3, -0.25) is 19.3 Å². The molecular weight excluding hydrogens is 446 g/mol. The topological polar surface area (TPSA) is 94.9 Å². The van der Waals surface area contributed by atoms with E-state index in [4.69, 9.17) is 0 Å². The van der Waals surface area contributed by atoms with Crippen molar-refractivity contribution in [3.63, 3.8) is 0 Å². The van der Waals surface area contributed by atoms with E-state index in [1.807, 2.05) is 44.9 Å². The van der Waals surface area contributed by atoms with Gasteiger partial charge < -0.3 is 14.7 Å². The van der Waals surface area contributed by atoms with Crippen molar-refractivity contribution >= 4 is 23.7 Å². The van der Waals surface area contributed by atoms with Crippen LogP contribution in [-0.2, 0) is 28.1 Å². The Morgan fingerprint density at radius 1 is 1.06 bits per heavy atom. The number of likely N-dealkylation sites (N-methyl/N-ethyl adjacent to an activating group) is 1. The summed E-state index contributed by atoms with van der Waals surface area (Å²) in [4.78, 5) is 50.7. The molecule has 0 aliphatic carbocycles. The SMILES string of the molecule is CN1CCN(C(=O)Cn2nc(N3C(=O)N(Cc4ccncc4)C(C)(C)C3=O)cc2C(C)(C)C)CC1. The van der Waals surface area contributed by atoms with E-state index in [1.165, 1.54) is 0 Å². The van der Waals surface area contributed by atoms with Gasteiger partial charge in [-0.2, -0.15) is 5.10 Å². The summed E-state index contributed by atoms with van der Waals surface area (Å²) in [6.45, 7) is 12.9. The van der Waals surface area contributed by atoms with Crippen molar-refractivity contribution in [3.05, 3.63) is 41.9 Å². The first-order valence-electron chi connectivity index (χ1n) is 12.0. The van der Waals surface area contributed by atoms with Crippen molar-refractivity contribution < 1.29 is 14.4 Å². The highest BCUT2D eigenvalue weighted by Crippen LogP contribution is 2.35. The van der Waals surface area contributed by atoms with Gasteiger partial charge in [0.1, 0.15) is 12.1 Å². The minimum Gasteiger partial charge on any atom is -0.339 e. The Labute approximate surface area is 206 Å². The first-order chi connectivity index (χ1) is 16.4. The van der Waals surface area contributed by atoms with E-state index >= 15 is 0 Å². The standard InChI is InChI=1S/C25H35N7O3/c1-24(2,3)19-15-20(27-31(19)17-21(33)29-13-11-28(6)12-14-29)32-22(34)25(4,5)30(23(32)35)16-18-7-9-26-10-8-18/h7-10,15H,11-14,16-17H2,1-6H3. The number of hydrogen-bond donors (Lipinski definition) is 0. The predicted molar refractivity (Wildman–Crippen MR) is 132 cm³/mol. The number of nitrogens with zero attached hydrogens (tertiary/aromatic N) is 7. The molecule has 4 heterocycles. The third kappa shape index (κ3) is 4.80. The van der Waals surface area contributed by atoms with Gasteiger partial charge in [-0.15, -0.1) is 0 Å². The van der Waals surface area contributed by atoms with Crippen LogP contribution >= 0.6 is 0 Å². The molecule has 0 spiro atoms. The summed E-state index contributed by atoms with van der Waals surface area (Å²) in [5.41, 5.74) is 0.295. The number of imide groups is 1. The molecule has 188 valence electrons. The second-order valence-corrected chi connectivity index (χ2v) is 10.9. The number of pyridine rings is 1. The second-order valence-electron chi connectivity index (χ2n) is 10.9. The lowest BCUT2D eigenvalue weighted by Crippen LogP contribution is -2.48. The molecular formula is C25H35N7O3. The van der Waals surface area contributed by atoms with Crippen molar-refractivity contribution in [3.8, 4) is 0 Å². The van der Waals surface area contributed by atoms with E-state index in [1.54, 1.807) is 41.9 Å². The first-order valence-corrected chi connectivity index (χ1v) is 12.0. The van der Waals surface area contributed by atoms with Crippen LogP contribution in [-0.4, -0.2) is 86.1 Å². The number of hydrogen-bond acceptors (Lipinski definition) is 6. The predicted octanol–water partition coefficient (Wildman–Crippen LogP) is 2.10. The molecule has 0 unspecified atom stereocenters. The molecule has 2 aromatic heterocycles. The van der Waals surface area contributed by atoms with Crippen molar-refractivity contribution in [2.24, 2.45) is 0 Å². The highest BCUT2D eigenvalue weighted by atomic mass is 16.2. The number of rotatable bonds is 5. The Morgan fingerprint density at radius 2 is 1.69 bits per heavy atom. The molecule has 35 heavy (non-hydrogen) atoms. The minimum atomic E-state index is -1.04. The number of piperazine rings is 1. The maximum Gasteiger partial charge on any atom is 0.333 e. The molecule has 0 atom stereocenters. The van der Waals surface area contributed by atoms with Crippen LogP contribution in [0, 0.1) is 0 Å². The molecule has 2 fully saturated rings. The fourth-order valence-corrected chi connectivity index (χ4v) is 4.49. The lowest BCUT2D eigenvalue weighted by molar-refractivity contribution is -0.133. The molecule has 2 aliphatic rings. The van der Waals surface area contributed by atoms with Crippen LogP contribution in [0.1, 0.15) is 45.9 Å². The molecule has 2 saturated heterocycles. The normalized spacial score (nSPS) is 19.1. The lowest BCUT2D eigenvalue weighted by Gasteiger charge is -2.32. The Bertz CT molecular complexity index is 1110. The third-order valence-electron chi connectivity index (χ3n) is 6.82. The van der Waals surface area contributed by atoms with Gasteiger partial charge >= 0.3 is 6.03 Å². The summed E-state index contributed by atoms with van der Waals surface area (Å²) in [7, 11) is 2.04. The van der Waals surface area contributed by atoms with Gasteiger partial charge in [0.2, 0.25) is 5.91 Å². The monoisotopic (exact) mass is 481 g/mol. The van der Waals surface area contributed by atoms with E-state index in [0.29, 0.717) is 13.1 Å². The van der Waals surface area contributed by atoms with E-state index < -0.39 is 11.6 Å². The number of aromatic nitrogens is 3. The molecule has 0 N–H and O–H groups in total. The highest BCUT2D eigenvalue weighted by molar-refractivity contribution is 6.22. The summed E-state index contributed by atoms with van der Waals surface area (Å²) in [6, 6.07) is 4.99. The number of urea groups is 1. The summed E-state index contributed by atoms with van der Waals surface area (Å²) in [6.07, 6.45) is 3.33. The maximum atomic E-state index is 13.5. The summed E-state index contributed by atoms with van der Waals surface area (Å²) in [5.74, 6) is -0.106. The first kappa shape index (κ1) is 24.8. The zero-order valence-corrected chi connectivity index (χ0v) is 21.5. The van der Waals surface area contributed by atoms with Gasteiger partial charge in [0.25, 0.3) is 5.91 Å². The van der Waals surface area contributed by atoms with Gasteiger partial charge in [-0.25, -0.2) is 9.69 Å². The summed E-state index contributed by atoms with van der Waals surface area (Å²) >= 11 is 0. The number of anilines is 1.